The van der Waals surface area contributed by atoms with E-state index in [-0.39, 0.29) is 29.7 Å². The van der Waals surface area contributed by atoms with Crippen molar-refractivity contribution in [2.45, 2.75) is 39.8 Å². The number of piperazine rings is 1. The second-order valence-corrected chi connectivity index (χ2v) is 10.2. The van der Waals surface area contributed by atoms with Gasteiger partial charge in [0.1, 0.15) is 11.6 Å². The number of hydrogen-bond donors (Lipinski definition) is 1. The monoisotopic (exact) mass is 513 g/mol. The van der Waals surface area contributed by atoms with Crippen LogP contribution in [0.2, 0.25) is 0 Å². The molecule has 4 aromatic rings. The number of aryl methyl sites for hydroxylation is 1. The van der Waals surface area contributed by atoms with Crippen LogP contribution < -0.4 is 15.1 Å². The van der Waals surface area contributed by atoms with Crippen LogP contribution in [-0.2, 0) is 4.79 Å². The average Bonchev–Trinajstić information content (AvgIpc) is 3.29. The maximum Gasteiger partial charge on any atom is 0.262 e. The van der Waals surface area contributed by atoms with E-state index in [1.807, 2.05) is 36.1 Å². The van der Waals surface area contributed by atoms with Gasteiger partial charge in [0.05, 0.1) is 11.2 Å². The number of rotatable bonds is 4. The molecule has 196 valence electrons. The molecule has 3 heterocycles. The number of nitrogens with one attached hydrogen (secondary N) is 1. The highest BCUT2D eigenvalue weighted by Crippen LogP contribution is 2.30. The van der Waals surface area contributed by atoms with Crippen LogP contribution in [0.5, 0.6) is 0 Å². The fourth-order valence-electron chi connectivity index (χ4n) is 5.22. The summed E-state index contributed by atoms with van der Waals surface area (Å²) in [5.74, 6) is 0.0415. The van der Waals surface area contributed by atoms with Crippen LogP contribution in [0.3, 0.4) is 0 Å². The van der Waals surface area contributed by atoms with Crippen LogP contribution in [0.15, 0.2) is 60.8 Å². The van der Waals surface area contributed by atoms with Crippen LogP contribution >= 0.6 is 0 Å². The van der Waals surface area contributed by atoms with Crippen molar-refractivity contribution in [2.75, 3.05) is 29.9 Å². The van der Waals surface area contributed by atoms with Gasteiger partial charge in [-0.05, 0) is 68.8 Å². The van der Waals surface area contributed by atoms with Gasteiger partial charge in [-0.2, -0.15) is 0 Å². The molecule has 38 heavy (non-hydrogen) atoms. The first-order valence-corrected chi connectivity index (χ1v) is 12.8. The molecule has 1 N–H and O–H groups in total. The lowest BCUT2D eigenvalue weighted by molar-refractivity contribution is -0.116. The minimum absolute atomic E-state index is 0.0861. The molecule has 0 unspecified atom stereocenters. The third-order valence-electron chi connectivity index (χ3n) is 7.21. The molecule has 0 saturated carbocycles. The van der Waals surface area contributed by atoms with Gasteiger partial charge in [0.15, 0.2) is 0 Å². The van der Waals surface area contributed by atoms with Gasteiger partial charge in [-0.1, -0.05) is 12.1 Å². The molecular weight excluding hydrogens is 481 g/mol. The number of pyridine rings is 1. The van der Waals surface area contributed by atoms with E-state index in [4.69, 9.17) is 0 Å². The Labute approximate surface area is 221 Å². The lowest BCUT2D eigenvalue weighted by Gasteiger charge is -2.37. The smallest absolute Gasteiger partial charge is 0.262 e. The zero-order valence-corrected chi connectivity index (χ0v) is 22.3. The highest BCUT2D eigenvalue weighted by Gasteiger charge is 2.24. The topological polar surface area (TPSA) is 70.5 Å². The predicted molar refractivity (Wildman–Crippen MR) is 149 cm³/mol. The quantitative estimate of drug-likeness (QED) is 0.416. The highest BCUT2D eigenvalue weighted by atomic mass is 19.1. The second-order valence-electron chi connectivity index (χ2n) is 10.2. The van der Waals surface area contributed by atoms with Crippen LogP contribution in [0.4, 0.5) is 15.9 Å². The van der Waals surface area contributed by atoms with Crippen molar-refractivity contribution < 1.29 is 14.0 Å². The van der Waals surface area contributed by atoms with Gasteiger partial charge in [-0.3, -0.25) is 14.2 Å². The van der Waals surface area contributed by atoms with Crippen LogP contribution in [0.1, 0.15) is 36.8 Å². The molecule has 8 heteroatoms. The fraction of sp³-hybridized carbons (Fsp3) is 0.300. The molecule has 2 atom stereocenters. The molecule has 1 saturated heterocycles. The van der Waals surface area contributed by atoms with E-state index in [9.17, 15) is 9.59 Å². The summed E-state index contributed by atoms with van der Waals surface area (Å²) in [6.07, 6.45) is 1.70. The number of amides is 1. The Morgan fingerprint density at radius 3 is 2.34 bits per heavy atom. The first-order chi connectivity index (χ1) is 18.1. The largest absolute Gasteiger partial charge is 0.366 e. The molecule has 0 aliphatic carbocycles. The number of nitrogens with zero attached hydrogens (tertiary/aromatic N) is 4. The molecule has 0 radical (unpaired) electrons. The molecule has 1 amide bonds. The average molecular weight is 514 g/mol. The first-order valence-electron chi connectivity index (χ1n) is 12.8. The molecule has 1 fully saturated rings. The van der Waals surface area contributed by atoms with E-state index in [1.54, 1.807) is 42.1 Å². The van der Waals surface area contributed by atoms with Crippen LogP contribution in [0.25, 0.3) is 22.0 Å². The highest BCUT2D eigenvalue weighted by molar-refractivity contribution is 6.03. The molecular formula is C30H32FN5O2. The Bertz CT molecular complexity index is 1520. The molecule has 7 nitrogen and oxygen atoms in total. The Kier molecular flexibility index (Phi) is 6.75. The SMILES string of the molecule is CC(=O)N(C)c1ccc(-c2ccc(C(=O)n3ccc4cc(F)c(N5C[C@@H](C)N[C@@H](C)C5)cc43)cc2)c(C)n1. The summed E-state index contributed by atoms with van der Waals surface area (Å²) in [5, 5.41) is 4.16. The van der Waals surface area contributed by atoms with E-state index < -0.39 is 0 Å². The summed E-state index contributed by atoms with van der Waals surface area (Å²) in [5.41, 5.74) is 4.36. The summed E-state index contributed by atoms with van der Waals surface area (Å²) in [4.78, 5) is 33.3. The molecule has 0 spiro atoms. The Morgan fingerprint density at radius 1 is 1.03 bits per heavy atom. The van der Waals surface area contributed by atoms with Crippen molar-refractivity contribution in [3.63, 3.8) is 0 Å². The zero-order valence-electron chi connectivity index (χ0n) is 22.3. The van der Waals surface area contributed by atoms with Crippen molar-refractivity contribution in [1.29, 1.82) is 0 Å². The standard InChI is InChI=1S/C30H32FN5O2/c1-18-16-35(17-19(2)32-18)28-15-27-24(14-26(28)31)12-13-36(27)30(38)23-8-6-22(7-9-23)25-10-11-29(33-20(25)3)34(5)21(4)37/h6-15,18-19,32H,16-17H2,1-5H3/t18-,19+. The Balaban J connectivity index is 1.43. The first kappa shape index (κ1) is 25.6. The normalized spacial score (nSPS) is 17.6. The molecule has 5 rings (SSSR count). The molecule has 0 bridgehead atoms. The number of benzene rings is 2. The Hall–Kier alpha value is -4.04. The number of halogens is 1. The number of anilines is 2. The van der Waals surface area contributed by atoms with Gasteiger partial charge >= 0.3 is 0 Å². The Morgan fingerprint density at radius 2 is 1.71 bits per heavy atom. The van der Waals surface area contributed by atoms with Gasteiger partial charge < -0.3 is 15.1 Å². The minimum Gasteiger partial charge on any atom is -0.366 e. The van der Waals surface area contributed by atoms with E-state index in [0.29, 0.717) is 41.1 Å². The van der Waals surface area contributed by atoms with Crippen molar-refractivity contribution in [2.24, 2.45) is 0 Å². The summed E-state index contributed by atoms with van der Waals surface area (Å²) >= 11 is 0. The lowest BCUT2D eigenvalue weighted by atomic mass is 10.0. The molecule has 2 aromatic heterocycles. The van der Waals surface area contributed by atoms with Crippen molar-refractivity contribution in [1.82, 2.24) is 14.9 Å². The number of fused-ring (bicyclic) bond motifs is 1. The molecule has 1 aliphatic rings. The summed E-state index contributed by atoms with van der Waals surface area (Å²) in [6, 6.07) is 16.7. The maximum absolute atomic E-state index is 15.1. The summed E-state index contributed by atoms with van der Waals surface area (Å²) in [7, 11) is 1.69. The number of aromatic nitrogens is 2. The van der Waals surface area contributed by atoms with Crippen LogP contribution in [-0.4, -0.2) is 53.6 Å². The van der Waals surface area contributed by atoms with Crippen molar-refractivity contribution in [3.05, 3.63) is 77.9 Å². The van der Waals surface area contributed by atoms with Gasteiger partial charge in [0, 0.05) is 67.5 Å². The van der Waals surface area contributed by atoms with Gasteiger partial charge in [0.2, 0.25) is 5.91 Å². The van der Waals surface area contributed by atoms with E-state index in [2.05, 4.69) is 24.1 Å². The lowest BCUT2D eigenvalue weighted by Crippen LogP contribution is -2.54. The number of hydrogen-bond acceptors (Lipinski definition) is 5. The summed E-state index contributed by atoms with van der Waals surface area (Å²) < 4.78 is 16.6. The minimum atomic E-state index is -0.280. The van der Waals surface area contributed by atoms with Crippen molar-refractivity contribution >= 4 is 34.2 Å². The second kappa shape index (κ2) is 10.0. The zero-order chi connectivity index (χ0) is 27.1. The van der Waals surface area contributed by atoms with Gasteiger partial charge in [-0.15, -0.1) is 0 Å². The van der Waals surface area contributed by atoms with Crippen LogP contribution in [0, 0.1) is 12.7 Å². The predicted octanol–water partition coefficient (Wildman–Crippen LogP) is 5.01. The van der Waals surface area contributed by atoms with Gasteiger partial charge in [0.25, 0.3) is 5.91 Å². The maximum atomic E-state index is 15.1. The van der Waals surface area contributed by atoms with E-state index in [1.165, 1.54) is 17.9 Å². The van der Waals surface area contributed by atoms with E-state index in [0.717, 1.165) is 16.8 Å². The third kappa shape index (κ3) is 4.79. The summed E-state index contributed by atoms with van der Waals surface area (Å²) in [6.45, 7) is 8.97. The molecule has 1 aliphatic heterocycles. The van der Waals surface area contributed by atoms with Crippen molar-refractivity contribution in [3.8, 4) is 11.1 Å². The third-order valence-corrected chi connectivity index (χ3v) is 7.21. The molecule has 2 aromatic carbocycles. The number of carbonyl (C=O) groups excluding carboxylic acids is 2. The van der Waals surface area contributed by atoms with Gasteiger partial charge in [-0.25, -0.2) is 9.37 Å². The number of carbonyl (C=O) groups is 2. The van der Waals surface area contributed by atoms with E-state index >= 15 is 4.39 Å². The fourth-order valence-corrected chi connectivity index (χ4v) is 5.22.